The Kier molecular flexibility index (Phi) is 5.42. The first-order valence-corrected chi connectivity index (χ1v) is 11.5. The molecule has 0 unspecified atom stereocenters. The Morgan fingerprint density at radius 2 is 1.97 bits per heavy atom. The Morgan fingerprint density at radius 1 is 1.17 bits per heavy atom. The van der Waals surface area contributed by atoms with Crippen molar-refractivity contribution in [3.8, 4) is 0 Å². The molecule has 4 rings (SSSR count). The highest BCUT2D eigenvalue weighted by Gasteiger charge is 2.29. The molecule has 1 aliphatic heterocycles. The van der Waals surface area contributed by atoms with E-state index in [1.807, 2.05) is 60.9 Å². The zero-order valence-electron chi connectivity index (χ0n) is 17.1. The van der Waals surface area contributed by atoms with E-state index in [0.717, 1.165) is 28.4 Å². The Balaban J connectivity index is 1.40. The summed E-state index contributed by atoms with van der Waals surface area (Å²) in [6.07, 6.45) is 2.33. The number of furan rings is 1. The molecule has 3 aromatic rings. The lowest BCUT2D eigenvalue weighted by atomic mass is 10.2. The summed E-state index contributed by atoms with van der Waals surface area (Å²) in [4.78, 5) is 12.7. The maximum absolute atomic E-state index is 12.8. The number of carbonyl (C=O) groups is 1. The number of nitrogens with one attached hydrogen (secondary N) is 1. The van der Waals surface area contributed by atoms with Crippen LogP contribution in [0.1, 0.15) is 33.1 Å². The Labute approximate surface area is 176 Å². The number of carbonyl (C=O) groups excluding carboxylic acids is 1. The van der Waals surface area contributed by atoms with Gasteiger partial charge in [0.15, 0.2) is 0 Å². The Bertz CT molecular complexity index is 1160. The van der Waals surface area contributed by atoms with Crippen LogP contribution in [0.15, 0.2) is 53.1 Å². The molecule has 0 fully saturated rings. The second-order valence-corrected chi connectivity index (χ2v) is 9.49. The molecular weight excluding hydrogens is 402 g/mol. The fraction of sp³-hybridized carbons (Fsp3) is 0.318. The van der Waals surface area contributed by atoms with Gasteiger partial charge in [0, 0.05) is 24.5 Å². The third-order valence-corrected chi connectivity index (χ3v) is 7.31. The van der Waals surface area contributed by atoms with Crippen molar-refractivity contribution in [1.29, 1.82) is 0 Å². The maximum atomic E-state index is 12.8. The molecule has 0 spiro atoms. The Hall–Kier alpha value is -3.00. The third-order valence-electron chi connectivity index (χ3n) is 5.54. The lowest BCUT2D eigenvalue weighted by Crippen LogP contribution is -2.37. The molecule has 30 heavy (non-hydrogen) atoms. The van der Waals surface area contributed by atoms with Gasteiger partial charge in [-0.05, 0) is 50.1 Å². The molecule has 2 aromatic heterocycles. The molecule has 0 aliphatic carbocycles. The van der Waals surface area contributed by atoms with Crippen LogP contribution in [0, 0.1) is 13.8 Å². The summed E-state index contributed by atoms with van der Waals surface area (Å²) < 4.78 is 34.4. The molecule has 0 saturated carbocycles. The van der Waals surface area contributed by atoms with Crippen LogP contribution in [0.5, 0.6) is 0 Å². The normalized spacial score (nSPS) is 13.5. The summed E-state index contributed by atoms with van der Waals surface area (Å²) in [7, 11) is -3.50. The summed E-state index contributed by atoms with van der Waals surface area (Å²) in [5.41, 5.74) is 4.08. The zero-order chi connectivity index (χ0) is 21.3. The monoisotopic (exact) mass is 427 g/mol. The average molecular weight is 428 g/mol. The molecule has 1 amide bonds. The average Bonchev–Trinajstić information content (AvgIpc) is 3.44. The van der Waals surface area contributed by atoms with E-state index < -0.39 is 10.0 Å². The second-order valence-electron chi connectivity index (χ2n) is 7.47. The lowest BCUT2D eigenvalue weighted by molar-refractivity contribution is 0.0955. The van der Waals surface area contributed by atoms with Crippen LogP contribution in [0.4, 0.5) is 5.69 Å². The summed E-state index contributed by atoms with van der Waals surface area (Å²) in [5.74, 6) is 0.393. The molecule has 158 valence electrons. The fourth-order valence-corrected chi connectivity index (χ4v) is 5.36. The van der Waals surface area contributed by atoms with Crippen LogP contribution in [-0.2, 0) is 23.0 Å². The highest BCUT2D eigenvalue weighted by molar-refractivity contribution is 7.92. The van der Waals surface area contributed by atoms with E-state index in [1.165, 1.54) is 4.31 Å². The minimum absolute atomic E-state index is 0.0572. The number of aryl methyl sites for hydroxylation is 1. The van der Waals surface area contributed by atoms with Gasteiger partial charge in [-0.25, -0.2) is 8.42 Å². The van der Waals surface area contributed by atoms with Crippen molar-refractivity contribution in [2.45, 2.75) is 26.8 Å². The number of amides is 1. The van der Waals surface area contributed by atoms with Crippen LogP contribution in [0.25, 0.3) is 0 Å². The number of hydrogen-bond donors (Lipinski definition) is 1. The first kappa shape index (κ1) is 20.3. The smallest absolute Gasteiger partial charge is 0.253 e. The summed E-state index contributed by atoms with van der Waals surface area (Å²) in [5, 5.41) is 2.76. The molecule has 3 heterocycles. The van der Waals surface area contributed by atoms with E-state index >= 15 is 0 Å². The number of sulfonamides is 1. The molecule has 1 aromatic carbocycles. The molecular formula is C22H25N3O4S. The number of fused-ring (bicyclic) bond motifs is 1. The third kappa shape index (κ3) is 3.87. The van der Waals surface area contributed by atoms with Crippen molar-refractivity contribution < 1.29 is 17.6 Å². The molecule has 0 radical (unpaired) electrons. The predicted molar refractivity (Wildman–Crippen MR) is 115 cm³/mol. The summed E-state index contributed by atoms with van der Waals surface area (Å²) in [6.45, 7) is 4.86. The number of aromatic nitrogens is 1. The van der Waals surface area contributed by atoms with E-state index in [4.69, 9.17) is 4.42 Å². The zero-order valence-corrected chi connectivity index (χ0v) is 17.9. The summed E-state index contributed by atoms with van der Waals surface area (Å²) >= 11 is 0. The lowest BCUT2D eigenvalue weighted by Gasteiger charge is -2.19. The van der Waals surface area contributed by atoms with Crippen molar-refractivity contribution in [3.05, 3.63) is 77.0 Å². The molecule has 8 heteroatoms. The van der Waals surface area contributed by atoms with Crippen LogP contribution in [-0.4, -0.2) is 37.7 Å². The standard InChI is InChI=1S/C22H25N3O4S/c1-16-14-20(17(2)24(16)15-19-7-5-12-29-19)22(26)23-10-13-30(27,28)25-11-9-18-6-3-4-8-21(18)25/h3-8,12,14H,9-11,13,15H2,1-2H3,(H,23,26). The van der Waals surface area contributed by atoms with Gasteiger partial charge in [-0.3, -0.25) is 9.10 Å². The summed E-state index contributed by atoms with van der Waals surface area (Å²) in [6, 6.07) is 13.1. The highest BCUT2D eigenvalue weighted by atomic mass is 32.2. The molecule has 0 atom stereocenters. The molecule has 7 nitrogen and oxygen atoms in total. The molecule has 1 aliphatic rings. The van der Waals surface area contributed by atoms with Crippen LogP contribution < -0.4 is 9.62 Å². The number of rotatable bonds is 7. The quantitative estimate of drug-likeness (QED) is 0.628. The Morgan fingerprint density at radius 3 is 2.73 bits per heavy atom. The van der Waals surface area contributed by atoms with Crippen LogP contribution in [0.2, 0.25) is 0 Å². The van der Waals surface area contributed by atoms with Crippen molar-refractivity contribution >= 4 is 21.6 Å². The number of para-hydroxylation sites is 1. The van der Waals surface area contributed by atoms with E-state index in [9.17, 15) is 13.2 Å². The largest absolute Gasteiger partial charge is 0.467 e. The first-order valence-electron chi connectivity index (χ1n) is 9.92. The van der Waals surface area contributed by atoms with Gasteiger partial charge >= 0.3 is 0 Å². The van der Waals surface area contributed by atoms with Gasteiger partial charge in [0.1, 0.15) is 5.76 Å². The van der Waals surface area contributed by atoms with E-state index in [1.54, 1.807) is 6.26 Å². The highest BCUT2D eigenvalue weighted by Crippen LogP contribution is 2.29. The predicted octanol–water partition coefficient (Wildman–Crippen LogP) is 2.87. The fourth-order valence-electron chi connectivity index (χ4n) is 3.93. The van der Waals surface area contributed by atoms with Crippen molar-refractivity contribution in [3.63, 3.8) is 0 Å². The minimum atomic E-state index is -3.50. The van der Waals surface area contributed by atoms with Gasteiger partial charge < -0.3 is 14.3 Å². The van der Waals surface area contributed by atoms with E-state index in [2.05, 4.69) is 5.32 Å². The molecule has 1 N–H and O–H groups in total. The first-order chi connectivity index (χ1) is 14.4. The van der Waals surface area contributed by atoms with Gasteiger partial charge in [-0.1, -0.05) is 18.2 Å². The number of anilines is 1. The van der Waals surface area contributed by atoms with Crippen molar-refractivity contribution in [2.24, 2.45) is 0 Å². The van der Waals surface area contributed by atoms with E-state index in [0.29, 0.717) is 25.1 Å². The van der Waals surface area contributed by atoms with Crippen LogP contribution in [0.3, 0.4) is 0 Å². The van der Waals surface area contributed by atoms with Gasteiger partial charge in [-0.15, -0.1) is 0 Å². The maximum Gasteiger partial charge on any atom is 0.253 e. The number of nitrogens with zero attached hydrogens (tertiary/aromatic N) is 2. The van der Waals surface area contributed by atoms with Gasteiger partial charge in [0.05, 0.1) is 29.8 Å². The topological polar surface area (TPSA) is 84.5 Å². The van der Waals surface area contributed by atoms with Gasteiger partial charge in [0.2, 0.25) is 10.0 Å². The van der Waals surface area contributed by atoms with E-state index in [-0.39, 0.29) is 18.2 Å². The van der Waals surface area contributed by atoms with Crippen LogP contribution >= 0.6 is 0 Å². The number of benzene rings is 1. The molecule has 0 saturated heterocycles. The SMILES string of the molecule is Cc1cc(C(=O)NCCS(=O)(=O)N2CCc3ccccc32)c(C)n1Cc1ccco1. The number of hydrogen-bond acceptors (Lipinski definition) is 4. The van der Waals surface area contributed by atoms with Gasteiger partial charge in [0.25, 0.3) is 5.91 Å². The molecule has 0 bridgehead atoms. The van der Waals surface area contributed by atoms with Crippen molar-refractivity contribution in [1.82, 2.24) is 9.88 Å². The minimum Gasteiger partial charge on any atom is -0.467 e. The van der Waals surface area contributed by atoms with Gasteiger partial charge in [-0.2, -0.15) is 0 Å². The second kappa shape index (κ2) is 8.02. The van der Waals surface area contributed by atoms with Crippen molar-refractivity contribution in [2.75, 3.05) is 23.1 Å².